The molecule has 5 nitrogen and oxygen atoms in total. The van der Waals surface area contributed by atoms with Crippen molar-refractivity contribution in [3.8, 4) is 5.75 Å². The van der Waals surface area contributed by atoms with Crippen LogP contribution in [0.25, 0.3) is 0 Å². The number of rotatable bonds is 4. The second-order valence-corrected chi connectivity index (χ2v) is 7.36. The van der Waals surface area contributed by atoms with Gasteiger partial charge < -0.3 is 10.1 Å². The predicted octanol–water partition coefficient (Wildman–Crippen LogP) is 2.62. The van der Waals surface area contributed by atoms with Gasteiger partial charge in [0.25, 0.3) is 0 Å². The molecule has 0 bridgehead atoms. The first kappa shape index (κ1) is 17.3. The Morgan fingerprint density at radius 2 is 2.08 bits per heavy atom. The summed E-state index contributed by atoms with van der Waals surface area (Å²) in [6, 6.07) is 15.6. The van der Waals surface area contributed by atoms with Gasteiger partial charge in [0.05, 0.1) is 6.61 Å². The standard InChI is InChI=1S/C20H22ClN3O2/c21-16-6-3-5-14(9-16)17-10-18(24-23-17)20(25)22-11-13-8-15-4-1-2-7-19(15)26-12-13/h1-7,9,13,17-18,23-24H,8,10-12H2,(H,22,25). The van der Waals surface area contributed by atoms with E-state index in [1.165, 1.54) is 5.56 Å². The average molecular weight is 372 g/mol. The zero-order valence-corrected chi connectivity index (χ0v) is 15.1. The van der Waals surface area contributed by atoms with E-state index < -0.39 is 0 Å². The minimum atomic E-state index is -0.254. The van der Waals surface area contributed by atoms with Gasteiger partial charge in [-0.1, -0.05) is 41.9 Å². The van der Waals surface area contributed by atoms with Crippen LogP contribution in [0.1, 0.15) is 23.6 Å². The first-order valence-electron chi connectivity index (χ1n) is 8.94. The van der Waals surface area contributed by atoms with Crippen LogP contribution in [0, 0.1) is 5.92 Å². The second kappa shape index (κ2) is 7.66. The first-order chi connectivity index (χ1) is 12.7. The van der Waals surface area contributed by atoms with E-state index in [9.17, 15) is 4.79 Å². The molecule has 0 aromatic heterocycles. The summed E-state index contributed by atoms with van der Waals surface area (Å²) in [5.41, 5.74) is 8.57. The lowest BCUT2D eigenvalue weighted by Crippen LogP contribution is -2.45. The summed E-state index contributed by atoms with van der Waals surface area (Å²) >= 11 is 6.05. The third-order valence-electron chi connectivity index (χ3n) is 4.99. The van der Waals surface area contributed by atoms with Crippen LogP contribution in [0.3, 0.4) is 0 Å². The average Bonchev–Trinajstić information content (AvgIpc) is 3.16. The van der Waals surface area contributed by atoms with Crippen molar-refractivity contribution in [2.45, 2.75) is 24.9 Å². The van der Waals surface area contributed by atoms with E-state index in [1.54, 1.807) is 0 Å². The molecule has 1 amide bonds. The Bertz CT molecular complexity index is 798. The number of carbonyl (C=O) groups excluding carboxylic acids is 1. The molecule has 2 aromatic rings. The fourth-order valence-electron chi connectivity index (χ4n) is 3.56. The summed E-state index contributed by atoms with van der Waals surface area (Å²) in [4.78, 5) is 12.5. The van der Waals surface area contributed by atoms with Crippen LogP contribution in [0.4, 0.5) is 0 Å². The number of fused-ring (bicyclic) bond motifs is 1. The zero-order valence-electron chi connectivity index (χ0n) is 14.4. The Hall–Kier alpha value is -2.08. The minimum absolute atomic E-state index is 0.0147. The van der Waals surface area contributed by atoms with Gasteiger partial charge in [-0.2, -0.15) is 0 Å². The largest absolute Gasteiger partial charge is 0.493 e. The number of hydrogen-bond acceptors (Lipinski definition) is 4. The summed E-state index contributed by atoms with van der Waals surface area (Å²) in [6.45, 7) is 1.26. The molecule has 4 rings (SSSR count). The molecule has 3 atom stereocenters. The lowest BCUT2D eigenvalue weighted by atomic mass is 9.96. The molecular weight excluding hydrogens is 350 g/mol. The summed E-state index contributed by atoms with van der Waals surface area (Å²) in [7, 11) is 0. The highest BCUT2D eigenvalue weighted by Crippen LogP contribution is 2.27. The molecule has 136 valence electrons. The maximum absolute atomic E-state index is 12.5. The Labute approximate surface area is 158 Å². The topological polar surface area (TPSA) is 62.4 Å². The van der Waals surface area contributed by atoms with Gasteiger partial charge in [-0.05, 0) is 42.2 Å². The zero-order chi connectivity index (χ0) is 17.9. The van der Waals surface area contributed by atoms with Crippen molar-refractivity contribution >= 4 is 17.5 Å². The van der Waals surface area contributed by atoms with Crippen molar-refractivity contribution in [1.82, 2.24) is 16.2 Å². The number of hydrogen-bond donors (Lipinski definition) is 3. The van der Waals surface area contributed by atoms with Crippen molar-refractivity contribution in [1.29, 1.82) is 0 Å². The molecule has 1 fully saturated rings. The van der Waals surface area contributed by atoms with Crippen LogP contribution in [0.5, 0.6) is 5.75 Å². The highest BCUT2D eigenvalue weighted by molar-refractivity contribution is 6.30. The van der Waals surface area contributed by atoms with E-state index in [2.05, 4.69) is 22.2 Å². The normalized spacial score (nSPS) is 24.6. The maximum Gasteiger partial charge on any atom is 0.238 e. The molecule has 2 aliphatic rings. The van der Waals surface area contributed by atoms with Crippen molar-refractivity contribution in [3.63, 3.8) is 0 Å². The van der Waals surface area contributed by atoms with Crippen LogP contribution in [-0.2, 0) is 11.2 Å². The van der Waals surface area contributed by atoms with E-state index in [4.69, 9.17) is 16.3 Å². The summed E-state index contributed by atoms with van der Waals surface area (Å²) < 4.78 is 5.79. The lowest BCUT2D eigenvalue weighted by Gasteiger charge is -2.25. The molecule has 3 N–H and O–H groups in total. The van der Waals surface area contributed by atoms with Crippen LogP contribution in [-0.4, -0.2) is 25.1 Å². The molecule has 0 aliphatic carbocycles. The summed E-state index contributed by atoms with van der Waals surface area (Å²) in [6.07, 6.45) is 1.62. The molecule has 2 aromatic carbocycles. The highest BCUT2D eigenvalue weighted by Gasteiger charge is 2.30. The SMILES string of the molecule is O=C(NCC1COc2ccccc2C1)C1CC(c2cccc(Cl)c2)NN1. The van der Waals surface area contributed by atoms with Gasteiger partial charge in [-0.15, -0.1) is 0 Å². The minimum Gasteiger partial charge on any atom is -0.493 e. The number of nitrogens with one attached hydrogen (secondary N) is 3. The Morgan fingerprint density at radius 3 is 2.96 bits per heavy atom. The monoisotopic (exact) mass is 371 g/mol. The smallest absolute Gasteiger partial charge is 0.238 e. The third kappa shape index (κ3) is 3.85. The molecule has 3 unspecified atom stereocenters. The molecule has 0 saturated carbocycles. The van der Waals surface area contributed by atoms with E-state index >= 15 is 0 Å². The third-order valence-corrected chi connectivity index (χ3v) is 5.23. The van der Waals surface area contributed by atoms with E-state index in [1.807, 2.05) is 42.5 Å². The molecular formula is C20H22ClN3O2. The Morgan fingerprint density at radius 1 is 1.19 bits per heavy atom. The number of benzene rings is 2. The van der Waals surface area contributed by atoms with E-state index in [-0.39, 0.29) is 18.0 Å². The quantitative estimate of drug-likeness (QED) is 0.773. The molecule has 2 aliphatic heterocycles. The second-order valence-electron chi connectivity index (χ2n) is 6.92. The lowest BCUT2D eigenvalue weighted by molar-refractivity contribution is -0.123. The number of para-hydroxylation sites is 1. The van der Waals surface area contributed by atoms with Crippen molar-refractivity contribution < 1.29 is 9.53 Å². The van der Waals surface area contributed by atoms with Crippen LogP contribution < -0.4 is 20.9 Å². The highest BCUT2D eigenvalue weighted by atomic mass is 35.5. The van der Waals surface area contributed by atoms with Gasteiger partial charge in [0, 0.05) is 23.5 Å². The fourth-order valence-corrected chi connectivity index (χ4v) is 3.76. The van der Waals surface area contributed by atoms with Gasteiger partial charge in [0.15, 0.2) is 0 Å². The molecule has 2 heterocycles. The number of ether oxygens (including phenoxy) is 1. The predicted molar refractivity (Wildman–Crippen MR) is 101 cm³/mol. The van der Waals surface area contributed by atoms with Crippen molar-refractivity contribution in [2.24, 2.45) is 5.92 Å². The van der Waals surface area contributed by atoms with Crippen molar-refractivity contribution in [3.05, 3.63) is 64.7 Å². The summed E-state index contributed by atoms with van der Waals surface area (Å²) in [5, 5.41) is 3.76. The maximum atomic E-state index is 12.5. The Kier molecular flexibility index (Phi) is 5.11. The van der Waals surface area contributed by atoms with E-state index in [0.29, 0.717) is 30.5 Å². The number of hydrazine groups is 1. The summed E-state index contributed by atoms with van der Waals surface area (Å²) in [5.74, 6) is 1.27. The number of halogens is 1. The fraction of sp³-hybridized carbons (Fsp3) is 0.350. The van der Waals surface area contributed by atoms with Gasteiger partial charge in [-0.25, -0.2) is 10.9 Å². The molecule has 1 saturated heterocycles. The Balaban J connectivity index is 1.28. The van der Waals surface area contributed by atoms with E-state index in [0.717, 1.165) is 17.7 Å². The van der Waals surface area contributed by atoms with Crippen LogP contribution in [0.15, 0.2) is 48.5 Å². The molecule has 0 radical (unpaired) electrons. The molecule has 26 heavy (non-hydrogen) atoms. The van der Waals surface area contributed by atoms with Gasteiger partial charge >= 0.3 is 0 Å². The molecule has 6 heteroatoms. The van der Waals surface area contributed by atoms with Gasteiger partial charge in [0.2, 0.25) is 5.91 Å². The van der Waals surface area contributed by atoms with Crippen LogP contribution >= 0.6 is 11.6 Å². The first-order valence-corrected chi connectivity index (χ1v) is 9.32. The van der Waals surface area contributed by atoms with Gasteiger partial charge in [-0.3, -0.25) is 4.79 Å². The molecule has 0 spiro atoms. The van der Waals surface area contributed by atoms with Crippen LogP contribution in [0.2, 0.25) is 5.02 Å². The number of carbonyl (C=O) groups is 1. The van der Waals surface area contributed by atoms with Crippen molar-refractivity contribution in [2.75, 3.05) is 13.2 Å². The number of amides is 1. The van der Waals surface area contributed by atoms with Gasteiger partial charge in [0.1, 0.15) is 11.8 Å².